The van der Waals surface area contributed by atoms with Crippen LogP contribution in [-0.4, -0.2) is 48.5 Å². The van der Waals surface area contributed by atoms with Crippen molar-refractivity contribution < 1.29 is 9.84 Å². The van der Waals surface area contributed by atoms with Crippen LogP contribution >= 0.6 is 0 Å². The van der Waals surface area contributed by atoms with Gasteiger partial charge in [0.15, 0.2) is 0 Å². The zero-order valence-electron chi connectivity index (χ0n) is 16.3. The van der Waals surface area contributed by atoms with Crippen molar-refractivity contribution in [3.8, 4) is 0 Å². The van der Waals surface area contributed by atoms with Crippen LogP contribution in [0.5, 0.6) is 0 Å². The summed E-state index contributed by atoms with van der Waals surface area (Å²) >= 11 is 0. The Morgan fingerprint density at radius 2 is 1.87 bits per heavy atom. The van der Waals surface area contributed by atoms with Crippen LogP contribution in [0.25, 0.3) is 0 Å². The Morgan fingerprint density at radius 3 is 2.43 bits per heavy atom. The minimum absolute atomic E-state index is 0.310. The summed E-state index contributed by atoms with van der Waals surface area (Å²) < 4.78 is 5.83. The monoisotopic (exact) mass is 327 g/mol. The molecule has 3 heteroatoms. The van der Waals surface area contributed by atoms with E-state index in [4.69, 9.17) is 9.84 Å². The molecule has 4 atom stereocenters. The lowest BCUT2D eigenvalue weighted by atomic mass is 9.75. The molecule has 2 aliphatic rings. The summed E-state index contributed by atoms with van der Waals surface area (Å²) in [6, 6.07) is 0.695. The molecule has 0 amide bonds. The van der Waals surface area contributed by atoms with Crippen molar-refractivity contribution in [3.63, 3.8) is 0 Å². The third-order valence-electron chi connectivity index (χ3n) is 5.67. The van der Waals surface area contributed by atoms with E-state index in [0.29, 0.717) is 18.8 Å². The molecule has 0 aromatic carbocycles. The fourth-order valence-electron chi connectivity index (χ4n) is 4.14. The van der Waals surface area contributed by atoms with Crippen LogP contribution in [-0.2, 0) is 4.74 Å². The van der Waals surface area contributed by atoms with Crippen molar-refractivity contribution in [1.82, 2.24) is 4.90 Å². The van der Waals surface area contributed by atoms with E-state index >= 15 is 0 Å². The van der Waals surface area contributed by atoms with Gasteiger partial charge in [0.05, 0.1) is 12.7 Å². The fourth-order valence-corrected chi connectivity index (χ4v) is 4.14. The van der Waals surface area contributed by atoms with Crippen molar-refractivity contribution in [2.45, 2.75) is 85.3 Å². The molecule has 23 heavy (non-hydrogen) atoms. The summed E-state index contributed by atoms with van der Waals surface area (Å²) in [7, 11) is 0. The average molecular weight is 328 g/mol. The topological polar surface area (TPSA) is 32.7 Å². The summed E-state index contributed by atoms with van der Waals surface area (Å²) in [4.78, 5) is 2.36. The molecule has 1 heterocycles. The maximum atomic E-state index is 8.69. The number of likely N-dealkylation sites (tertiary alicyclic amines) is 1. The molecule has 1 saturated carbocycles. The first-order chi connectivity index (χ1) is 11.0. The second-order valence-corrected chi connectivity index (χ2v) is 7.92. The lowest BCUT2D eigenvalue weighted by Crippen LogP contribution is -2.39. The summed E-state index contributed by atoms with van der Waals surface area (Å²) in [6.07, 6.45) is 8.55. The Labute approximate surface area is 144 Å². The zero-order chi connectivity index (χ0) is 17.2. The molecule has 0 aromatic rings. The van der Waals surface area contributed by atoms with Crippen LogP contribution in [0.2, 0.25) is 0 Å². The van der Waals surface area contributed by atoms with Crippen molar-refractivity contribution in [2.75, 3.05) is 26.3 Å². The van der Waals surface area contributed by atoms with Gasteiger partial charge in [-0.05, 0) is 63.8 Å². The number of β-amino-alcohol motifs (C(OH)–C–C–N with tert-alkyl or cyclic N) is 1. The minimum atomic E-state index is 0.310. The Balaban J connectivity index is 0.000000238. The molecule has 0 radical (unpaired) electrons. The van der Waals surface area contributed by atoms with Crippen molar-refractivity contribution in [1.29, 1.82) is 0 Å². The van der Waals surface area contributed by atoms with E-state index in [1.54, 1.807) is 0 Å². The minimum Gasteiger partial charge on any atom is -0.395 e. The normalized spacial score (nSPS) is 32.5. The Kier molecular flexibility index (Phi) is 10.4. The van der Waals surface area contributed by atoms with Gasteiger partial charge in [-0.3, -0.25) is 4.90 Å². The number of hydrogen-bond donors (Lipinski definition) is 1. The third kappa shape index (κ3) is 7.53. The van der Waals surface area contributed by atoms with E-state index in [9.17, 15) is 0 Å². The molecule has 4 unspecified atom stereocenters. The van der Waals surface area contributed by atoms with Gasteiger partial charge < -0.3 is 9.84 Å². The van der Waals surface area contributed by atoms with Gasteiger partial charge in [0.2, 0.25) is 0 Å². The molecule has 1 N–H and O–H groups in total. The van der Waals surface area contributed by atoms with Gasteiger partial charge in [-0.2, -0.15) is 0 Å². The standard InChI is InChI=1S/C12H24O.C8H17NO/c1-5-13-12-8-10(4)6-7-11(12)9(2)3;1-8-4-2-3-5-9(8)6-7-10/h9-12H,5-8H2,1-4H3;8,10H,2-7H2,1H3. The molecule has 0 aromatic heterocycles. The Bertz CT molecular complexity index is 293. The molecule has 0 spiro atoms. The molecule has 2 rings (SSSR count). The fraction of sp³-hybridized carbons (Fsp3) is 1.00. The van der Waals surface area contributed by atoms with E-state index in [1.165, 1.54) is 45.1 Å². The van der Waals surface area contributed by atoms with Crippen molar-refractivity contribution in [3.05, 3.63) is 0 Å². The molecular weight excluding hydrogens is 286 g/mol. The number of rotatable bonds is 5. The van der Waals surface area contributed by atoms with Crippen LogP contribution in [0.15, 0.2) is 0 Å². The highest BCUT2D eigenvalue weighted by atomic mass is 16.5. The highest BCUT2D eigenvalue weighted by molar-refractivity contribution is 4.81. The number of aliphatic hydroxyl groups is 1. The summed E-state index contributed by atoms with van der Waals surface area (Å²) in [5.41, 5.74) is 0. The summed E-state index contributed by atoms with van der Waals surface area (Å²) in [6.45, 7) is 14.6. The van der Waals surface area contributed by atoms with Gasteiger partial charge in [-0.25, -0.2) is 0 Å². The highest BCUT2D eigenvalue weighted by Crippen LogP contribution is 2.35. The number of ether oxygens (including phenoxy) is 1. The summed E-state index contributed by atoms with van der Waals surface area (Å²) in [5, 5.41) is 8.69. The molecule has 1 aliphatic heterocycles. The van der Waals surface area contributed by atoms with Crippen LogP contribution in [0.1, 0.15) is 73.1 Å². The van der Waals surface area contributed by atoms with Gasteiger partial charge in [0.1, 0.15) is 0 Å². The first-order valence-electron chi connectivity index (χ1n) is 9.96. The quantitative estimate of drug-likeness (QED) is 0.815. The van der Waals surface area contributed by atoms with Crippen LogP contribution in [0, 0.1) is 17.8 Å². The lowest BCUT2D eigenvalue weighted by Gasteiger charge is -2.36. The van der Waals surface area contributed by atoms with Crippen LogP contribution < -0.4 is 0 Å². The average Bonchev–Trinajstić information content (AvgIpc) is 2.51. The Morgan fingerprint density at radius 1 is 1.13 bits per heavy atom. The number of hydrogen-bond acceptors (Lipinski definition) is 3. The van der Waals surface area contributed by atoms with Gasteiger partial charge in [-0.1, -0.05) is 33.6 Å². The van der Waals surface area contributed by atoms with Crippen molar-refractivity contribution >= 4 is 0 Å². The zero-order valence-corrected chi connectivity index (χ0v) is 16.3. The first kappa shape index (κ1) is 20.9. The first-order valence-corrected chi connectivity index (χ1v) is 9.96. The summed E-state index contributed by atoms with van der Waals surface area (Å²) in [5.74, 6) is 2.45. The molecule has 0 bridgehead atoms. The predicted octanol–water partition coefficient (Wildman–Crippen LogP) is 4.34. The van der Waals surface area contributed by atoms with Gasteiger partial charge in [0, 0.05) is 19.2 Å². The molecular formula is C20H41NO2. The number of piperidine rings is 1. The van der Waals surface area contributed by atoms with E-state index < -0.39 is 0 Å². The molecule has 1 saturated heterocycles. The maximum absolute atomic E-state index is 8.69. The van der Waals surface area contributed by atoms with Crippen molar-refractivity contribution in [2.24, 2.45) is 17.8 Å². The van der Waals surface area contributed by atoms with Gasteiger partial charge >= 0.3 is 0 Å². The second-order valence-electron chi connectivity index (χ2n) is 7.92. The van der Waals surface area contributed by atoms with E-state index in [0.717, 1.165) is 30.9 Å². The Hall–Kier alpha value is -0.120. The largest absolute Gasteiger partial charge is 0.395 e. The number of aliphatic hydroxyl groups excluding tert-OH is 1. The third-order valence-corrected chi connectivity index (χ3v) is 5.67. The predicted molar refractivity (Wildman–Crippen MR) is 98.7 cm³/mol. The molecule has 2 fully saturated rings. The van der Waals surface area contributed by atoms with Crippen LogP contribution in [0.4, 0.5) is 0 Å². The maximum Gasteiger partial charge on any atom is 0.0608 e. The SMILES string of the molecule is CC1CCCCN1CCO.CCOC1CC(C)CCC1C(C)C. The van der Waals surface area contributed by atoms with Gasteiger partial charge in [0.25, 0.3) is 0 Å². The smallest absolute Gasteiger partial charge is 0.0608 e. The van der Waals surface area contributed by atoms with E-state index in [-0.39, 0.29) is 0 Å². The molecule has 3 nitrogen and oxygen atoms in total. The highest BCUT2D eigenvalue weighted by Gasteiger charge is 2.30. The number of nitrogens with zero attached hydrogens (tertiary/aromatic N) is 1. The molecule has 138 valence electrons. The lowest BCUT2D eigenvalue weighted by molar-refractivity contribution is -0.0327. The van der Waals surface area contributed by atoms with E-state index in [1.807, 2.05) is 0 Å². The molecule has 1 aliphatic carbocycles. The van der Waals surface area contributed by atoms with Crippen LogP contribution in [0.3, 0.4) is 0 Å². The van der Waals surface area contributed by atoms with E-state index in [2.05, 4.69) is 39.5 Å². The second kappa shape index (κ2) is 11.4. The van der Waals surface area contributed by atoms with Gasteiger partial charge in [-0.15, -0.1) is 0 Å².